The highest BCUT2D eigenvalue weighted by Crippen LogP contribution is 2.33. The fraction of sp³-hybridized carbons (Fsp3) is 0.385. The second-order valence-electron chi connectivity index (χ2n) is 4.93. The summed E-state index contributed by atoms with van der Waals surface area (Å²) in [5.41, 5.74) is 1.53. The molecule has 0 aromatic heterocycles. The Balaban J connectivity index is 2.20. The molecule has 1 saturated heterocycles. The molecular formula is C13H14Br2N2O4. The lowest BCUT2D eigenvalue weighted by Crippen LogP contribution is -2.43. The van der Waals surface area contributed by atoms with Gasteiger partial charge < -0.3 is 20.4 Å². The predicted molar refractivity (Wildman–Crippen MR) is 84.4 cm³/mol. The summed E-state index contributed by atoms with van der Waals surface area (Å²) < 4.78 is 1.38. The molecule has 0 spiro atoms. The topological polar surface area (TPSA) is 89.9 Å². The summed E-state index contributed by atoms with van der Waals surface area (Å²) in [6, 6.07) is 2.12. The molecule has 3 N–H and O–H groups in total. The third kappa shape index (κ3) is 3.56. The number of likely N-dealkylation sites (tertiary alicyclic amines) is 1. The van der Waals surface area contributed by atoms with Gasteiger partial charge in [-0.05, 0) is 56.5 Å². The lowest BCUT2D eigenvalue weighted by molar-refractivity contribution is -0.141. The number of hydrogen-bond donors (Lipinski definition) is 3. The van der Waals surface area contributed by atoms with Gasteiger partial charge in [-0.2, -0.15) is 0 Å². The van der Waals surface area contributed by atoms with E-state index in [0.29, 0.717) is 14.6 Å². The first-order valence-corrected chi connectivity index (χ1v) is 7.82. The van der Waals surface area contributed by atoms with E-state index in [0.717, 1.165) is 10.5 Å². The van der Waals surface area contributed by atoms with Gasteiger partial charge in [0.2, 0.25) is 0 Å². The van der Waals surface area contributed by atoms with Crippen molar-refractivity contribution in [3.05, 3.63) is 26.6 Å². The number of benzene rings is 1. The van der Waals surface area contributed by atoms with Crippen molar-refractivity contribution in [1.29, 1.82) is 0 Å². The molecule has 2 amide bonds. The smallest absolute Gasteiger partial charge is 0.326 e. The molecule has 1 aromatic carbocycles. The number of anilines is 1. The van der Waals surface area contributed by atoms with Crippen molar-refractivity contribution in [3.8, 4) is 0 Å². The Hall–Kier alpha value is -1.12. The normalized spacial score (nSPS) is 21.4. The number of aliphatic carboxylic acids is 1. The number of aliphatic hydroxyl groups is 1. The number of halogens is 2. The van der Waals surface area contributed by atoms with E-state index in [1.165, 1.54) is 0 Å². The summed E-state index contributed by atoms with van der Waals surface area (Å²) in [4.78, 5) is 24.5. The number of carboxylic acid groups (broad SMARTS) is 1. The van der Waals surface area contributed by atoms with Crippen molar-refractivity contribution in [2.75, 3.05) is 11.9 Å². The highest BCUT2D eigenvalue weighted by Gasteiger charge is 2.39. The van der Waals surface area contributed by atoms with Gasteiger partial charge in [-0.25, -0.2) is 9.59 Å². The van der Waals surface area contributed by atoms with Crippen LogP contribution in [0.2, 0.25) is 0 Å². The first-order valence-electron chi connectivity index (χ1n) is 6.23. The molecule has 0 saturated carbocycles. The molecule has 2 atom stereocenters. The number of nitrogens with zero attached hydrogens (tertiary/aromatic N) is 1. The lowest BCUT2D eigenvalue weighted by atomic mass is 10.2. The minimum absolute atomic E-state index is 0.00387. The first kappa shape index (κ1) is 16.3. The van der Waals surface area contributed by atoms with Crippen molar-refractivity contribution in [2.45, 2.75) is 25.5 Å². The van der Waals surface area contributed by atoms with E-state index in [-0.39, 0.29) is 13.0 Å². The molecule has 8 heteroatoms. The number of urea groups is 1. The van der Waals surface area contributed by atoms with Gasteiger partial charge >= 0.3 is 12.0 Å². The highest BCUT2D eigenvalue weighted by atomic mass is 79.9. The van der Waals surface area contributed by atoms with Crippen LogP contribution in [0.15, 0.2) is 21.1 Å². The summed E-state index contributed by atoms with van der Waals surface area (Å²) in [6.45, 7) is 1.92. The van der Waals surface area contributed by atoms with Crippen LogP contribution in [0, 0.1) is 6.92 Å². The lowest BCUT2D eigenvalue weighted by Gasteiger charge is -2.22. The average Bonchev–Trinajstić information content (AvgIpc) is 2.76. The van der Waals surface area contributed by atoms with Crippen LogP contribution in [-0.4, -0.2) is 45.8 Å². The number of β-amino-alcohol motifs (C(OH)–C–C–N with tert-alkyl or cyclic N) is 1. The maximum absolute atomic E-state index is 12.3. The molecular weight excluding hydrogens is 408 g/mol. The molecule has 21 heavy (non-hydrogen) atoms. The van der Waals surface area contributed by atoms with Gasteiger partial charge in [0, 0.05) is 21.9 Å². The van der Waals surface area contributed by atoms with Crippen molar-refractivity contribution in [3.63, 3.8) is 0 Å². The standard InChI is InChI=1S/C13H14Br2N2O4/c1-6-2-8(14)11(9(15)3-6)16-13(21)17-5-7(18)4-10(17)12(19)20/h2-3,7,10,18H,4-5H2,1H3,(H,16,21)(H,19,20)/t7-,10-/m0/s1. The number of hydrogen-bond acceptors (Lipinski definition) is 3. The zero-order chi connectivity index (χ0) is 15.7. The first-order chi connectivity index (χ1) is 9.79. The summed E-state index contributed by atoms with van der Waals surface area (Å²) in [5.74, 6) is -1.12. The van der Waals surface area contributed by atoms with Crippen molar-refractivity contribution in [1.82, 2.24) is 4.90 Å². The van der Waals surface area contributed by atoms with Crippen molar-refractivity contribution < 1.29 is 19.8 Å². The number of nitrogens with one attached hydrogen (secondary N) is 1. The van der Waals surface area contributed by atoms with Crippen LogP contribution >= 0.6 is 31.9 Å². The van der Waals surface area contributed by atoms with Crippen LogP contribution in [0.25, 0.3) is 0 Å². The predicted octanol–water partition coefficient (Wildman–Crippen LogP) is 2.57. The zero-order valence-electron chi connectivity index (χ0n) is 11.1. The maximum Gasteiger partial charge on any atom is 0.326 e. The summed E-state index contributed by atoms with van der Waals surface area (Å²) in [5, 5.41) is 21.4. The van der Waals surface area contributed by atoms with E-state index in [4.69, 9.17) is 5.11 Å². The van der Waals surface area contributed by atoms with E-state index >= 15 is 0 Å². The molecule has 114 valence electrons. The van der Waals surface area contributed by atoms with Gasteiger partial charge in [0.1, 0.15) is 6.04 Å². The third-order valence-corrected chi connectivity index (χ3v) is 4.49. The molecule has 2 rings (SSSR count). The Morgan fingerprint density at radius 2 is 1.90 bits per heavy atom. The average molecular weight is 422 g/mol. The highest BCUT2D eigenvalue weighted by molar-refractivity contribution is 9.11. The Morgan fingerprint density at radius 3 is 2.43 bits per heavy atom. The molecule has 6 nitrogen and oxygen atoms in total. The summed E-state index contributed by atoms with van der Waals surface area (Å²) in [7, 11) is 0. The Kier molecular flexibility index (Phi) is 4.90. The van der Waals surface area contributed by atoms with Crippen molar-refractivity contribution >= 4 is 49.5 Å². The second-order valence-corrected chi connectivity index (χ2v) is 6.64. The van der Waals surface area contributed by atoms with Gasteiger partial charge in [-0.3, -0.25) is 0 Å². The van der Waals surface area contributed by atoms with E-state index in [2.05, 4.69) is 37.2 Å². The fourth-order valence-corrected chi connectivity index (χ4v) is 3.88. The quantitative estimate of drug-likeness (QED) is 0.684. The fourth-order valence-electron chi connectivity index (χ4n) is 2.27. The van der Waals surface area contributed by atoms with Crippen LogP contribution in [-0.2, 0) is 4.79 Å². The molecule has 0 bridgehead atoms. The van der Waals surface area contributed by atoms with E-state index in [1.807, 2.05) is 19.1 Å². The van der Waals surface area contributed by atoms with Gasteiger partial charge in [0.15, 0.2) is 0 Å². The van der Waals surface area contributed by atoms with Crippen molar-refractivity contribution in [2.24, 2.45) is 0 Å². The van der Waals surface area contributed by atoms with Gasteiger partial charge in [0.05, 0.1) is 11.8 Å². The van der Waals surface area contributed by atoms with Crippen LogP contribution in [0.3, 0.4) is 0 Å². The Bertz CT molecular complexity index is 571. The summed E-state index contributed by atoms with van der Waals surface area (Å²) >= 11 is 6.72. The Labute approximate surface area is 138 Å². The van der Waals surface area contributed by atoms with Gasteiger partial charge in [-0.1, -0.05) is 0 Å². The number of aliphatic hydroxyl groups excluding tert-OH is 1. The Morgan fingerprint density at radius 1 is 1.33 bits per heavy atom. The van der Waals surface area contributed by atoms with E-state index in [1.54, 1.807) is 0 Å². The minimum atomic E-state index is -1.12. The molecule has 0 unspecified atom stereocenters. The van der Waals surface area contributed by atoms with Gasteiger partial charge in [0.25, 0.3) is 0 Å². The van der Waals surface area contributed by atoms with Gasteiger partial charge in [-0.15, -0.1) is 0 Å². The largest absolute Gasteiger partial charge is 0.480 e. The molecule has 1 aliphatic heterocycles. The number of rotatable bonds is 2. The molecule has 1 heterocycles. The number of aryl methyl sites for hydroxylation is 1. The second kappa shape index (κ2) is 6.33. The molecule has 0 radical (unpaired) electrons. The third-order valence-electron chi connectivity index (χ3n) is 3.24. The number of amides is 2. The monoisotopic (exact) mass is 420 g/mol. The van der Waals surface area contributed by atoms with E-state index < -0.39 is 24.1 Å². The number of carbonyl (C=O) groups excluding carboxylic acids is 1. The zero-order valence-corrected chi connectivity index (χ0v) is 14.3. The van der Waals surface area contributed by atoms with Crippen LogP contribution < -0.4 is 5.32 Å². The molecule has 1 aromatic rings. The molecule has 1 fully saturated rings. The minimum Gasteiger partial charge on any atom is -0.480 e. The van der Waals surface area contributed by atoms with Crippen LogP contribution in [0.1, 0.15) is 12.0 Å². The van der Waals surface area contributed by atoms with Crippen LogP contribution in [0.5, 0.6) is 0 Å². The molecule has 1 aliphatic rings. The number of carbonyl (C=O) groups is 2. The molecule has 0 aliphatic carbocycles. The summed E-state index contributed by atoms with van der Waals surface area (Å²) in [6.07, 6.45) is -0.777. The van der Waals surface area contributed by atoms with E-state index in [9.17, 15) is 14.7 Å². The SMILES string of the molecule is Cc1cc(Br)c(NC(=O)N2C[C@@H](O)C[C@H]2C(=O)O)c(Br)c1. The maximum atomic E-state index is 12.3. The van der Waals surface area contributed by atoms with Crippen LogP contribution in [0.4, 0.5) is 10.5 Å². The number of carboxylic acids is 1.